The van der Waals surface area contributed by atoms with E-state index in [1.165, 1.54) is 0 Å². The molecule has 6 heteroatoms. The fourth-order valence-electron chi connectivity index (χ4n) is 3.31. The highest BCUT2D eigenvalue weighted by Gasteiger charge is 2.27. The number of hydrogen-bond donors (Lipinski definition) is 0. The van der Waals surface area contributed by atoms with Crippen LogP contribution in [0.1, 0.15) is 65.1 Å². The molecular weight excluding hydrogens is 344 g/mol. The molecule has 0 aliphatic carbocycles. The van der Waals surface area contributed by atoms with Crippen molar-refractivity contribution in [3.8, 4) is 0 Å². The van der Waals surface area contributed by atoms with Gasteiger partial charge in [-0.15, -0.1) is 0 Å². The van der Waals surface area contributed by atoms with Gasteiger partial charge in [-0.05, 0) is 44.7 Å². The van der Waals surface area contributed by atoms with E-state index in [-0.39, 0.29) is 30.5 Å². The highest BCUT2D eigenvalue weighted by atomic mass is 16.5. The van der Waals surface area contributed by atoms with Crippen molar-refractivity contribution < 1.29 is 18.7 Å². The molecule has 0 N–H and O–H groups in total. The van der Waals surface area contributed by atoms with E-state index in [0.29, 0.717) is 19.5 Å². The Morgan fingerprint density at radius 1 is 1.30 bits per heavy atom. The summed E-state index contributed by atoms with van der Waals surface area (Å²) < 4.78 is 11.2. The highest BCUT2D eigenvalue weighted by Crippen LogP contribution is 2.17. The Balaban J connectivity index is 2.06. The van der Waals surface area contributed by atoms with Gasteiger partial charge in [-0.3, -0.25) is 9.59 Å². The Kier molecular flexibility index (Phi) is 8.85. The van der Waals surface area contributed by atoms with E-state index in [2.05, 4.69) is 6.92 Å². The van der Waals surface area contributed by atoms with E-state index < -0.39 is 0 Å². The normalized spacial score (nSPS) is 17.7. The average Bonchev–Trinajstić information content (AvgIpc) is 3.37. The minimum Gasteiger partial charge on any atom is -0.467 e. The van der Waals surface area contributed by atoms with Crippen LogP contribution in [0.3, 0.4) is 0 Å². The van der Waals surface area contributed by atoms with Gasteiger partial charge < -0.3 is 19.0 Å². The second kappa shape index (κ2) is 11.1. The van der Waals surface area contributed by atoms with Gasteiger partial charge in [0.05, 0.1) is 18.9 Å². The van der Waals surface area contributed by atoms with Crippen LogP contribution in [0.25, 0.3) is 0 Å². The smallest absolute Gasteiger partial charge is 0.242 e. The number of amides is 2. The summed E-state index contributed by atoms with van der Waals surface area (Å²) >= 11 is 0. The number of unbranched alkanes of at least 4 members (excludes halogenated alkanes) is 1. The quantitative estimate of drug-likeness (QED) is 0.590. The Bertz CT molecular complexity index is 567. The molecule has 27 heavy (non-hydrogen) atoms. The molecule has 2 rings (SSSR count). The first kappa shape index (κ1) is 21.5. The third-order valence-electron chi connectivity index (χ3n) is 5.22. The van der Waals surface area contributed by atoms with Crippen molar-refractivity contribution in [2.45, 2.75) is 78.0 Å². The van der Waals surface area contributed by atoms with E-state index >= 15 is 0 Å². The van der Waals surface area contributed by atoms with Gasteiger partial charge in [0, 0.05) is 25.6 Å². The molecule has 1 aliphatic heterocycles. The number of nitrogens with zero attached hydrogens (tertiary/aromatic N) is 2. The van der Waals surface area contributed by atoms with Crippen molar-refractivity contribution in [3.05, 3.63) is 24.2 Å². The number of hydrogen-bond acceptors (Lipinski definition) is 4. The summed E-state index contributed by atoms with van der Waals surface area (Å²) in [5, 5.41) is 0. The fraction of sp³-hybridized carbons (Fsp3) is 0.714. The van der Waals surface area contributed by atoms with Crippen LogP contribution in [-0.4, -0.2) is 53.5 Å². The molecular formula is C21H34N2O4. The predicted octanol–water partition coefficient (Wildman–Crippen LogP) is 3.60. The third-order valence-corrected chi connectivity index (χ3v) is 5.22. The molecule has 0 radical (unpaired) electrons. The standard InChI is InChI=1S/C21H34N2O4/c1-4-6-11-20(24)23(17(3)5-2)16-21(25)22(14-18-9-7-12-26-18)15-19-10-8-13-27-19/h7,9,12,17,19H,4-6,8,10-11,13-16H2,1-3H3/t17-,19+/m1/s1. The predicted molar refractivity (Wildman–Crippen MR) is 104 cm³/mol. The first-order valence-electron chi connectivity index (χ1n) is 10.3. The van der Waals surface area contributed by atoms with Crippen molar-refractivity contribution >= 4 is 11.8 Å². The Morgan fingerprint density at radius 3 is 2.70 bits per heavy atom. The van der Waals surface area contributed by atoms with Gasteiger partial charge in [-0.25, -0.2) is 0 Å². The minimum atomic E-state index is -0.0490. The summed E-state index contributed by atoms with van der Waals surface area (Å²) in [6, 6.07) is 3.74. The van der Waals surface area contributed by atoms with Crippen molar-refractivity contribution in [1.82, 2.24) is 9.80 Å². The lowest BCUT2D eigenvalue weighted by molar-refractivity contribution is -0.143. The molecule has 2 heterocycles. The maximum atomic E-state index is 13.1. The maximum Gasteiger partial charge on any atom is 0.242 e. The van der Waals surface area contributed by atoms with Gasteiger partial charge in [0.25, 0.3) is 0 Å². The summed E-state index contributed by atoms with van der Waals surface area (Å²) in [6.07, 6.45) is 6.83. The number of carbonyl (C=O) groups is 2. The highest BCUT2D eigenvalue weighted by molar-refractivity contribution is 5.85. The topological polar surface area (TPSA) is 63.0 Å². The molecule has 2 atom stereocenters. The zero-order valence-electron chi connectivity index (χ0n) is 17.0. The third kappa shape index (κ3) is 6.69. The van der Waals surface area contributed by atoms with E-state index in [1.807, 2.05) is 26.0 Å². The largest absolute Gasteiger partial charge is 0.467 e. The first-order valence-corrected chi connectivity index (χ1v) is 10.3. The van der Waals surface area contributed by atoms with Crippen LogP contribution < -0.4 is 0 Å². The number of rotatable bonds is 11. The van der Waals surface area contributed by atoms with Gasteiger partial charge >= 0.3 is 0 Å². The lowest BCUT2D eigenvalue weighted by Gasteiger charge is -2.32. The molecule has 1 fully saturated rings. The summed E-state index contributed by atoms with van der Waals surface area (Å²) in [7, 11) is 0. The van der Waals surface area contributed by atoms with Crippen LogP contribution in [0.2, 0.25) is 0 Å². The van der Waals surface area contributed by atoms with Crippen molar-refractivity contribution in [2.24, 2.45) is 0 Å². The van der Waals surface area contributed by atoms with Gasteiger partial charge in [-0.2, -0.15) is 0 Å². The summed E-state index contributed by atoms with van der Waals surface area (Å²) in [4.78, 5) is 29.2. The molecule has 0 aromatic carbocycles. The lowest BCUT2D eigenvalue weighted by atomic mass is 10.1. The molecule has 6 nitrogen and oxygen atoms in total. The molecule has 1 saturated heterocycles. The summed E-state index contributed by atoms with van der Waals surface area (Å²) in [6.45, 7) is 7.93. The van der Waals surface area contributed by atoms with Crippen LogP contribution in [0.4, 0.5) is 0 Å². The Labute approximate surface area is 162 Å². The van der Waals surface area contributed by atoms with Crippen LogP contribution in [0.5, 0.6) is 0 Å². The van der Waals surface area contributed by atoms with Gasteiger partial charge in [0.1, 0.15) is 12.3 Å². The molecule has 1 aromatic heterocycles. The first-order chi connectivity index (χ1) is 13.0. The Morgan fingerprint density at radius 2 is 2.11 bits per heavy atom. The molecule has 152 valence electrons. The number of carbonyl (C=O) groups excluding carboxylic acids is 2. The number of ether oxygens (including phenoxy) is 1. The minimum absolute atomic E-state index is 0.0477. The second-order valence-electron chi connectivity index (χ2n) is 7.37. The summed E-state index contributed by atoms with van der Waals surface area (Å²) in [5.41, 5.74) is 0. The molecule has 2 amide bonds. The van der Waals surface area contributed by atoms with Gasteiger partial charge in [0.2, 0.25) is 11.8 Å². The van der Waals surface area contributed by atoms with Gasteiger partial charge in [0.15, 0.2) is 0 Å². The zero-order chi connectivity index (χ0) is 19.6. The van der Waals surface area contributed by atoms with Crippen molar-refractivity contribution in [2.75, 3.05) is 19.7 Å². The van der Waals surface area contributed by atoms with Gasteiger partial charge in [-0.1, -0.05) is 20.3 Å². The van der Waals surface area contributed by atoms with E-state index in [4.69, 9.17) is 9.15 Å². The molecule has 0 saturated carbocycles. The molecule has 0 unspecified atom stereocenters. The molecule has 1 aliphatic rings. The van der Waals surface area contributed by atoms with E-state index in [0.717, 1.165) is 44.5 Å². The maximum absolute atomic E-state index is 13.1. The zero-order valence-corrected chi connectivity index (χ0v) is 17.0. The van der Waals surface area contributed by atoms with Crippen molar-refractivity contribution in [1.29, 1.82) is 0 Å². The van der Waals surface area contributed by atoms with Crippen LogP contribution >= 0.6 is 0 Å². The Hall–Kier alpha value is -1.82. The molecule has 0 bridgehead atoms. The van der Waals surface area contributed by atoms with Crippen molar-refractivity contribution in [3.63, 3.8) is 0 Å². The number of furan rings is 1. The second-order valence-corrected chi connectivity index (χ2v) is 7.37. The van der Waals surface area contributed by atoms with Crippen LogP contribution in [-0.2, 0) is 20.9 Å². The fourth-order valence-corrected chi connectivity index (χ4v) is 3.31. The average molecular weight is 379 g/mol. The van der Waals surface area contributed by atoms with Crippen LogP contribution in [0.15, 0.2) is 22.8 Å². The molecule has 1 aromatic rings. The SMILES string of the molecule is CCCCC(=O)N(CC(=O)N(Cc1ccco1)C[C@@H]1CCCO1)[C@H](C)CC. The summed E-state index contributed by atoms with van der Waals surface area (Å²) in [5.74, 6) is 0.760. The van der Waals surface area contributed by atoms with E-state index in [9.17, 15) is 9.59 Å². The van der Waals surface area contributed by atoms with E-state index in [1.54, 1.807) is 16.1 Å². The molecule has 0 spiro atoms. The monoisotopic (exact) mass is 378 g/mol. The van der Waals surface area contributed by atoms with Crippen LogP contribution in [0, 0.1) is 0 Å². The lowest BCUT2D eigenvalue weighted by Crippen LogP contribution is -2.47.